The summed E-state index contributed by atoms with van der Waals surface area (Å²) < 4.78 is 5.42. The van der Waals surface area contributed by atoms with Gasteiger partial charge in [0.1, 0.15) is 5.75 Å². The van der Waals surface area contributed by atoms with Crippen molar-refractivity contribution in [2.45, 2.75) is 19.3 Å². The second-order valence-electron chi connectivity index (χ2n) is 5.58. The van der Waals surface area contributed by atoms with Crippen molar-refractivity contribution in [3.63, 3.8) is 0 Å². The summed E-state index contributed by atoms with van der Waals surface area (Å²) >= 11 is 0. The molecule has 0 bridgehead atoms. The van der Waals surface area contributed by atoms with E-state index >= 15 is 0 Å². The zero-order valence-corrected chi connectivity index (χ0v) is 12.5. The Kier molecular flexibility index (Phi) is 4.33. The van der Waals surface area contributed by atoms with E-state index in [0.29, 0.717) is 17.4 Å². The average molecular weight is 308 g/mol. The number of esters is 1. The number of rotatable bonds is 5. The van der Waals surface area contributed by atoms with Crippen molar-refractivity contribution in [1.82, 2.24) is 0 Å². The van der Waals surface area contributed by atoms with Crippen LogP contribution in [0.15, 0.2) is 48.5 Å². The molecule has 0 heterocycles. The normalized spacial score (nSPS) is 13.9. The van der Waals surface area contributed by atoms with Crippen LogP contribution in [0.3, 0.4) is 0 Å². The molecule has 4 heteroatoms. The number of benzene rings is 2. The van der Waals surface area contributed by atoms with E-state index in [4.69, 9.17) is 4.74 Å². The second kappa shape index (κ2) is 6.57. The predicted molar refractivity (Wildman–Crippen MR) is 84.7 cm³/mol. The van der Waals surface area contributed by atoms with Gasteiger partial charge in [-0.25, -0.2) is 0 Å². The third-order valence-electron chi connectivity index (χ3n) is 4.11. The maximum atomic E-state index is 12.7. The molecular formula is C19H16O4. The van der Waals surface area contributed by atoms with Gasteiger partial charge in [0, 0.05) is 11.1 Å². The number of carbonyl (C=O) groups excluding carboxylic acids is 3. The van der Waals surface area contributed by atoms with E-state index in [1.54, 1.807) is 48.5 Å². The number of para-hydroxylation sites is 1. The molecule has 1 fully saturated rings. The number of hydrogen-bond donors (Lipinski definition) is 0. The van der Waals surface area contributed by atoms with Gasteiger partial charge in [-0.05, 0) is 25.0 Å². The van der Waals surface area contributed by atoms with Gasteiger partial charge in [0.2, 0.25) is 0 Å². The summed E-state index contributed by atoms with van der Waals surface area (Å²) in [6, 6.07) is 13.2. The Hall–Kier alpha value is -2.75. The molecule has 0 amide bonds. The van der Waals surface area contributed by atoms with Crippen molar-refractivity contribution in [1.29, 1.82) is 0 Å². The summed E-state index contributed by atoms with van der Waals surface area (Å²) in [7, 11) is 0. The molecule has 1 saturated carbocycles. The van der Waals surface area contributed by atoms with E-state index in [9.17, 15) is 14.4 Å². The van der Waals surface area contributed by atoms with Gasteiger partial charge < -0.3 is 4.74 Å². The molecule has 1 aliphatic rings. The number of carbonyl (C=O) groups is 3. The fourth-order valence-electron chi connectivity index (χ4n) is 2.53. The van der Waals surface area contributed by atoms with Crippen LogP contribution in [0.1, 0.15) is 45.5 Å². The third-order valence-corrected chi connectivity index (χ3v) is 4.11. The molecule has 0 N–H and O–H groups in total. The van der Waals surface area contributed by atoms with Crippen LogP contribution in [0, 0.1) is 5.92 Å². The van der Waals surface area contributed by atoms with E-state index < -0.39 is 0 Å². The fourth-order valence-corrected chi connectivity index (χ4v) is 2.53. The van der Waals surface area contributed by atoms with Crippen LogP contribution in [0.25, 0.3) is 0 Å². The van der Waals surface area contributed by atoms with E-state index in [-0.39, 0.29) is 29.0 Å². The molecule has 2 aromatic carbocycles. The van der Waals surface area contributed by atoms with Gasteiger partial charge in [0.05, 0.1) is 11.5 Å². The lowest BCUT2D eigenvalue weighted by molar-refractivity contribution is -0.141. The highest BCUT2D eigenvalue weighted by Gasteiger charge is 2.28. The molecular weight excluding hydrogens is 292 g/mol. The zero-order valence-electron chi connectivity index (χ0n) is 12.5. The van der Waals surface area contributed by atoms with Crippen molar-refractivity contribution in [2.24, 2.45) is 5.92 Å². The second-order valence-corrected chi connectivity index (χ2v) is 5.58. The summed E-state index contributed by atoms with van der Waals surface area (Å²) in [5.41, 5.74) is 0.904. The van der Waals surface area contributed by atoms with E-state index in [2.05, 4.69) is 0 Å². The average Bonchev–Trinajstić information content (AvgIpc) is 2.53. The lowest BCUT2D eigenvalue weighted by Gasteiger charge is -2.23. The van der Waals surface area contributed by atoms with Crippen molar-refractivity contribution in [3.05, 3.63) is 65.2 Å². The Labute approximate surface area is 134 Å². The molecule has 23 heavy (non-hydrogen) atoms. The topological polar surface area (TPSA) is 60.4 Å². The standard InChI is InChI=1S/C19H16O4/c20-12-14-6-1-2-9-15(14)18(21)16-10-3-4-11-17(16)23-19(22)13-7-5-8-13/h1-4,6,9-13H,5,7-8H2. The molecule has 0 atom stereocenters. The summed E-state index contributed by atoms with van der Waals surface area (Å²) in [6.45, 7) is 0. The van der Waals surface area contributed by atoms with Crippen molar-refractivity contribution < 1.29 is 19.1 Å². The van der Waals surface area contributed by atoms with Gasteiger partial charge in [-0.15, -0.1) is 0 Å². The quantitative estimate of drug-likeness (QED) is 0.367. The lowest BCUT2D eigenvalue weighted by atomic mass is 9.86. The van der Waals surface area contributed by atoms with Crippen LogP contribution >= 0.6 is 0 Å². The molecule has 1 aliphatic carbocycles. The Morgan fingerprint density at radius 2 is 1.61 bits per heavy atom. The first-order valence-electron chi connectivity index (χ1n) is 7.60. The van der Waals surface area contributed by atoms with Gasteiger partial charge in [-0.2, -0.15) is 0 Å². The molecule has 0 unspecified atom stereocenters. The first kappa shape index (κ1) is 15.2. The lowest BCUT2D eigenvalue weighted by Crippen LogP contribution is -2.27. The van der Waals surface area contributed by atoms with Crippen molar-refractivity contribution in [2.75, 3.05) is 0 Å². The smallest absolute Gasteiger partial charge is 0.314 e. The summed E-state index contributed by atoms with van der Waals surface area (Å²) in [6.07, 6.45) is 3.36. The van der Waals surface area contributed by atoms with Crippen LogP contribution in [0.5, 0.6) is 5.75 Å². The first-order chi connectivity index (χ1) is 11.2. The number of aldehydes is 1. The Bertz CT molecular complexity index is 759. The minimum absolute atomic E-state index is 0.0691. The van der Waals surface area contributed by atoms with Crippen LogP contribution in [-0.2, 0) is 4.79 Å². The minimum Gasteiger partial charge on any atom is -0.426 e. The number of ether oxygens (including phenoxy) is 1. The van der Waals surface area contributed by atoms with E-state index in [1.807, 2.05) is 0 Å². The highest BCUT2D eigenvalue weighted by atomic mass is 16.5. The van der Waals surface area contributed by atoms with Gasteiger partial charge in [0.25, 0.3) is 0 Å². The molecule has 116 valence electrons. The molecule has 0 spiro atoms. The number of hydrogen-bond acceptors (Lipinski definition) is 4. The molecule has 0 saturated heterocycles. The van der Waals surface area contributed by atoms with Crippen LogP contribution < -0.4 is 4.74 Å². The highest BCUT2D eigenvalue weighted by molar-refractivity contribution is 6.14. The van der Waals surface area contributed by atoms with Gasteiger partial charge >= 0.3 is 5.97 Å². The Balaban J connectivity index is 1.91. The monoisotopic (exact) mass is 308 g/mol. The van der Waals surface area contributed by atoms with Gasteiger partial charge in [-0.1, -0.05) is 42.8 Å². The maximum absolute atomic E-state index is 12.7. The molecule has 4 nitrogen and oxygen atoms in total. The summed E-state index contributed by atoms with van der Waals surface area (Å²) in [4.78, 5) is 35.9. The zero-order chi connectivity index (χ0) is 16.2. The van der Waals surface area contributed by atoms with Crippen molar-refractivity contribution in [3.8, 4) is 5.75 Å². The fraction of sp³-hybridized carbons (Fsp3) is 0.211. The van der Waals surface area contributed by atoms with Gasteiger partial charge in [-0.3, -0.25) is 14.4 Å². The van der Waals surface area contributed by atoms with Crippen LogP contribution in [0.4, 0.5) is 0 Å². The molecule has 0 radical (unpaired) electrons. The minimum atomic E-state index is -0.329. The van der Waals surface area contributed by atoms with Crippen LogP contribution in [-0.4, -0.2) is 18.0 Å². The van der Waals surface area contributed by atoms with Gasteiger partial charge in [0.15, 0.2) is 12.1 Å². The van der Waals surface area contributed by atoms with Crippen molar-refractivity contribution >= 4 is 18.0 Å². The third kappa shape index (κ3) is 3.06. The van der Waals surface area contributed by atoms with E-state index in [1.165, 1.54) is 0 Å². The molecule has 2 aromatic rings. The molecule has 0 aliphatic heterocycles. The first-order valence-corrected chi connectivity index (χ1v) is 7.60. The summed E-state index contributed by atoms with van der Waals surface area (Å²) in [5.74, 6) is -0.444. The highest BCUT2D eigenvalue weighted by Crippen LogP contribution is 2.30. The largest absolute Gasteiger partial charge is 0.426 e. The SMILES string of the molecule is O=Cc1ccccc1C(=O)c1ccccc1OC(=O)C1CCC1. The van der Waals surface area contributed by atoms with Crippen LogP contribution in [0.2, 0.25) is 0 Å². The number of ketones is 1. The predicted octanol–water partition coefficient (Wildman–Crippen LogP) is 3.44. The Morgan fingerprint density at radius 3 is 2.26 bits per heavy atom. The maximum Gasteiger partial charge on any atom is 0.314 e. The van der Waals surface area contributed by atoms with E-state index in [0.717, 1.165) is 19.3 Å². The summed E-state index contributed by atoms with van der Waals surface area (Å²) in [5, 5.41) is 0. The molecule has 0 aromatic heterocycles. The Morgan fingerprint density at radius 1 is 0.957 bits per heavy atom. The molecule has 3 rings (SSSR count).